The van der Waals surface area contributed by atoms with Crippen LogP contribution in [0.4, 0.5) is 16.2 Å². The summed E-state index contributed by atoms with van der Waals surface area (Å²) in [6.45, 7) is 4.05. The highest BCUT2D eigenvalue weighted by Gasteiger charge is 2.14. The Bertz CT molecular complexity index is 868. The molecular weight excluding hydrogens is 384 g/mol. The molecule has 8 nitrogen and oxygen atoms in total. The number of hydrogen-bond donors (Lipinski definition) is 4. The Morgan fingerprint density at radius 3 is 2.37 bits per heavy atom. The summed E-state index contributed by atoms with van der Waals surface area (Å²) in [5, 5.41) is 10.9. The highest BCUT2D eigenvalue weighted by Crippen LogP contribution is 2.16. The average molecular weight is 412 g/mol. The van der Waals surface area contributed by atoms with E-state index in [1.54, 1.807) is 55.6 Å². The number of hydrogen-bond acceptors (Lipinski definition) is 4. The number of rotatable bonds is 9. The smallest absolute Gasteiger partial charge is 0.319 e. The summed E-state index contributed by atoms with van der Waals surface area (Å²) in [7, 11) is 1.57. The lowest BCUT2D eigenvalue weighted by Gasteiger charge is -2.14. The Morgan fingerprint density at radius 1 is 1.00 bits per heavy atom. The van der Waals surface area contributed by atoms with Crippen LogP contribution in [-0.2, 0) is 4.79 Å². The summed E-state index contributed by atoms with van der Waals surface area (Å²) < 4.78 is 5.06. The van der Waals surface area contributed by atoms with Gasteiger partial charge in [0.15, 0.2) is 0 Å². The molecule has 0 aliphatic rings. The van der Waals surface area contributed by atoms with E-state index < -0.39 is 6.03 Å². The van der Waals surface area contributed by atoms with E-state index in [1.165, 1.54) is 0 Å². The number of carbonyl (C=O) groups excluding carboxylic acids is 3. The molecule has 160 valence electrons. The van der Waals surface area contributed by atoms with Gasteiger partial charge in [-0.05, 0) is 49.7 Å². The zero-order valence-corrected chi connectivity index (χ0v) is 17.5. The minimum absolute atomic E-state index is 0.0367. The molecular formula is C22H28N4O4. The number of urea groups is 1. The number of para-hydroxylation sites is 1. The first-order chi connectivity index (χ1) is 14.4. The van der Waals surface area contributed by atoms with Crippen molar-refractivity contribution in [1.82, 2.24) is 10.6 Å². The summed E-state index contributed by atoms with van der Waals surface area (Å²) >= 11 is 0. The van der Waals surface area contributed by atoms with E-state index in [9.17, 15) is 14.4 Å². The molecule has 0 fully saturated rings. The van der Waals surface area contributed by atoms with Crippen LogP contribution < -0.4 is 26.0 Å². The van der Waals surface area contributed by atoms with Crippen LogP contribution in [0.2, 0.25) is 0 Å². The topological polar surface area (TPSA) is 109 Å². The van der Waals surface area contributed by atoms with Crippen molar-refractivity contribution in [1.29, 1.82) is 0 Å². The first-order valence-electron chi connectivity index (χ1n) is 9.81. The number of methoxy groups -OCH3 is 1. The van der Waals surface area contributed by atoms with E-state index in [2.05, 4.69) is 21.3 Å². The van der Waals surface area contributed by atoms with Crippen LogP contribution in [0.25, 0.3) is 0 Å². The first kappa shape index (κ1) is 22.7. The maximum Gasteiger partial charge on any atom is 0.319 e. The van der Waals surface area contributed by atoms with Gasteiger partial charge >= 0.3 is 6.03 Å². The van der Waals surface area contributed by atoms with E-state index in [1.807, 2.05) is 13.8 Å². The summed E-state index contributed by atoms with van der Waals surface area (Å²) in [4.78, 5) is 36.6. The van der Waals surface area contributed by atoms with Gasteiger partial charge in [-0.1, -0.05) is 19.1 Å². The van der Waals surface area contributed by atoms with Gasteiger partial charge in [0.1, 0.15) is 5.75 Å². The largest absolute Gasteiger partial charge is 0.497 e. The van der Waals surface area contributed by atoms with Gasteiger partial charge in [0, 0.05) is 24.7 Å². The second-order valence-electron chi connectivity index (χ2n) is 6.74. The Kier molecular flexibility index (Phi) is 8.68. The van der Waals surface area contributed by atoms with Crippen LogP contribution in [-0.4, -0.2) is 37.5 Å². The molecule has 1 atom stereocenters. The maximum atomic E-state index is 12.4. The zero-order chi connectivity index (χ0) is 21.9. The SMILES string of the molecule is CC[C@H](C)NC(=O)c1ccccc1NC(=O)CCNC(=O)Nc1ccc(OC)cc1. The fourth-order valence-electron chi connectivity index (χ4n) is 2.55. The molecule has 0 aromatic heterocycles. The summed E-state index contributed by atoms with van der Waals surface area (Å²) in [6.07, 6.45) is 0.877. The Morgan fingerprint density at radius 2 is 1.70 bits per heavy atom. The molecule has 0 saturated heterocycles. The maximum absolute atomic E-state index is 12.4. The van der Waals surface area contributed by atoms with Gasteiger partial charge < -0.3 is 26.0 Å². The van der Waals surface area contributed by atoms with Crippen LogP contribution in [0.1, 0.15) is 37.0 Å². The van der Waals surface area contributed by atoms with Gasteiger partial charge in [-0.3, -0.25) is 9.59 Å². The van der Waals surface area contributed by atoms with Gasteiger partial charge in [-0.15, -0.1) is 0 Å². The van der Waals surface area contributed by atoms with Crippen LogP contribution in [0.15, 0.2) is 48.5 Å². The van der Waals surface area contributed by atoms with Crippen molar-refractivity contribution in [3.05, 3.63) is 54.1 Å². The van der Waals surface area contributed by atoms with Crippen molar-refractivity contribution in [3.8, 4) is 5.75 Å². The van der Waals surface area contributed by atoms with E-state index in [0.717, 1.165) is 6.42 Å². The van der Waals surface area contributed by atoms with Crippen molar-refractivity contribution in [2.24, 2.45) is 0 Å². The molecule has 0 aliphatic carbocycles. The molecule has 2 rings (SSSR count). The minimum Gasteiger partial charge on any atom is -0.497 e. The second-order valence-corrected chi connectivity index (χ2v) is 6.74. The van der Waals surface area contributed by atoms with Crippen LogP contribution in [0.5, 0.6) is 5.75 Å². The lowest BCUT2D eigenvalue weighted by atomic mass is 10.1. The summed E-state index contributed by atoms with van der Waals surface area (Å²) in [5.74, 6) is 0.150. The molecule has 2 aromatic carbocycles. The molecule has 0 spiro atoms. The minimum atomic E-state index is -0.415. The fraction of sp³-hybridized carbons (Fsp3) is 0.318. The normalized spacial score (nSPS) is 11.2. The van der Waals surface area contributed by atoms with Crippen molar-refractivity contribution < 1.29 is 19.1 Å². The predicted molar refractivity (Wildman–Crippen MR) is 117 cm³/mol. The number of nitrogens with one attached hydrogen (secondary N) is 4. The Labute approximate surface area is 176 Å². The van der Waals surface area contributed by atoms with Crippen LogP contribution >= 0.6 is 0 Å². The molecule has 8 heteroatoms. The molecule has 4 N–H and O–H groups in total. The van der Waals surface area contributed by atoms with Crippen molar-refractivity contribution >= 4 is 29.2 Å². The predicted octanol–water partition coefficient (Wildman–Crippen LogP) is 3.37. The number of amides is 4. The van der Waals surface area contributed by atoms with E-state index in [-0.39, 0.29) is 30.8 Å². The van der Waals surface area contributed by atoms with Crippen LogP contribution in [0.3, 0.4) is 0 Å². The molecule has 0 unspecified atom stereocenters. The van der Waals surface area contributed by atoms with Gasteiger partial charge in [0.05, 0.1) is 18.4 Å². The third kappa shape index (κ3) is 7.12. The monoisotopic (exact) mass is 412 g/mol. The van der Waals surface area contributed by atoms with Crippen molar-refractivity contribution in [2.75, 3.05) is 24.3 Å². The zero-order valence-electron chi connectivity index (χ0n) is 17.5. The molecule has 0 bridgehead atoms. The number of carbonyl (C=O) groups is 3. The van der Waals surface area contributed by atoms with Crippen molar-refractivity contribution in [2.45, 2.75) is 32.7 Å². The number of anilines is 2. The van der Waals surface area contributed by atoms with Gasteiger partial charge in [0.25, 0.3) is 5.91 Å². The highest BCUT2D eigenvalue weighted by molar-refractivity contribution is 6.04. The molecule has 0 aliphatic heterocycles. The van der Waals surface area contributed by atoms with Gasteiger partial charge in [-0.2, -0.15) is 0 Å². The van der Waals surface area contributed by atoms with Gasteiger partial charge in [-0.25, -0.2) is 4.79 Å². The van der Waals surface area contributed by atoms with E-state index >= 15 is 0 Å². The average Bonchev–Trinajstić information content (AvgIpc) is 2.74. The van der Waals surface area contributed by atoms with Crippen LogP contribution in [0, 0.1) is 0 Å². The number of ether oxygens (including phenoxy) is 1. The second kappa shape index (κ2) is 11.5. The molecule has 2 aromatic rings. The third-order valence-electron chi connectivity index (χ3n) is 4.42. The lowest BCUT2D eigenvalue weighted by molar-refractivity contribution is -0.116. The summed E-state index contributed by atoms with van der Waals surface area (Å²) in [6, 6.07) is 13.3. The molecule has 30 heavy (non-hydrogen) atoms. The molecule has 0 saturated carbocycles. The quantitative estimate of drug-likeness (QED) is 0.506. The molecule has 0 heterocycles. The lowest BCUT2D eigenvalue weighted by Crippen LogP contribution is -2.33. The Balaban J connectivity index is 1.81. The third-order valence-corrected chi connectivity index (χ3v) is 4.42. The fourth-order valence-corrected chi connectivity index (χ4v) is 2.55. The highest BCUT2D eigenvalue weighted by atomic mass is 16.5. The molecule has 4 amide bonds. The Hall–Kier alpha value is -3.55. The summed E-state index contributed by atoms with van der Waals surface area (Å²) in [5.41, 5.74) is 1.45. The first-order valence-corrected chi connectivity index (χ1v) is 9.81. The number of benzene rings is 2. The molecule has 0 radical (unpaired) electrons. The van der Waals surface area contributed by atoms with Gasteiger partial charge in [0.2, 0.25) is 5.91 Å². The van der Waals surface area contributed by atoms with E-state index in [4.69, 9.17) is 4.74 Å². The van der Waals surface area contributed by atoms with E-state index in [0.29, 0.717) is 22.7 Å². The standard InChI is InChI=1S/C22H28N4O4/c1-4-15(2)24-21(28)18-7-5-6-8-19(18)26-20(27)13-14-23-22(29)25-16-9-11-17(30-3)12-10-16/h5-12,15H,4,13-14H2,1-3H3,(H,24,28)(H,26,27)(H2,23,25,29)/t15-/m0/s1. The van der Waals surface area contributed by atoms with Crippen molar-refractivity contribution in [3.63, 3.8) is 0 Å².